The maximum absolute atomic E-state index is 14.0. The van der Waals surface area contributed by atoms with Crippen molar-refractivity contribution in [3.05, 3.63) is 75.8 Å². The Hall–Kier alpha value is -4.17. The van der Waals surface area contributed by atoms with Crippen LogP contribution >= 0.6 is 23.2 Å². The molecule has 0 spiro atoms. The van der Waals surface area contributed by atoms with E-state index in [0.29, 0.717) is 58.9 Å². The van der Waals surface area contributed by atoms with Gasteiger partial charge >= 0.3 is 0 Å². The molecule has 0 aliphatic carbocycles. The molecule has 0 bridgehead atoms. The van der Waals surface area contributed by atoms with E-state index in [2.05, 4.69) is 32.6 Å². The van der Waals surface area contributed by atoms with Gasteiger partial charge in [0.1, 0.15) is 0 Å². The number of imidazole rings is 1. The Kier molecular flexibility index (Phi) is 10.7. The lowest BCUT2D eigenvalue weighted by Gasteiger charge is -2.33. The summed E-state index contributed by atoms with van der Waals surface area (Å²) >= 11 is 12.9. The van der Waals surface area contributed by atoms with Crippen LogP contribution in [0.2, 0.25) is 10.0 Å². The highest BCUT2D eigenvalue weighted by Crippen LogP contribution is 2.42. The number of amides is 1. The number of carbonyl (C=O) groups is 1. The molecule has 0 saturated carbocycles. The summed E-state index contributed by atoms with van der Waals surface area (Å²) in [6.07, 6.45) is 3.07. The van der Waals surface area contributed by atoms with Gasteiger partial charge in [-0.05, 0) is 74.3 Å². The van der Waals surface area contributed by atoms with E-state index in [1.54, 1.807) is 33.5 Å². The van der Waals surface area contributed by atoms with E-state index < -0.39 is 0 Å². The summed E-state index contributed by atoms with van der Waals surface area (Å²) in [5.41, 5.74) is 3.27. The summed E-state index contributed by atoms with van der Waals surface area (Å²) in [5.74, 6) is 2.17. The molecular formula is C37H42Cl2N6O4. The first kappa shape index (κ1) is 34.7. The van der Waals surface area contributed by atoms with Crippen LogP contribution in [0, 0.1) is 11.3 Å². The molecule has 1 unspecified atom stereocenters. The predicted octanol–water partition coefficient (Wildman–Crippen LogP) is 6.67. The van der Waals surface area contributed by atoms with Crippen molar-refractivity contribution >= 4 is 46.1 Å². The molecule has 12 heteroatoms. The first-order valence-electron chi connectivity index (χ1n) is 16.6. The van der Waals surface area contributed by atoms with Crippen LogP contribution in [0.15, 0.2) is 54.6 Å². The number of para-hydroxylation sites is 2. The number of halogens is 2. The second kappa shape index (κ2) is 15.2. The molecule has 1 atom stereocenters. The highest BCUT2D eigenvalue weighted by atomic mass is 35.5. The van der Waals surface area contributed by atoms with E-state index in [-0.39, 0.29) is 11.3 Å². The number of ether oxygens (including phenoxy) is 3. The van der Waals surface area contributed by atoms with Gasteiger partial charge in [-0.1, -0.05) is 41.4 Å². The summed E-state index contributed by atoms with van der Waals surface area (Å²) in [5, 5.41) is 10.3. The van der Waals surface area contributed by atoms with Gasteiger partial charge in [0.25, 0.3) is 5.91 Å². The number of nitrogens with zero attached hydrogens (tertiary/aromatic N) is 6. The largest absolute Gasteiger partial charge is 0.493 e. The first-order chi connectivity index (χ1) is 23.8. The number of methoxy groups -OCH3 is 3. The lowest BCUT2D eigenvalue weighted by atomic mass is 9.76. The van der Waals surface area contributed by atoms with Gasteiger partial charge in [0.15, 0.2) is 11.5 Å². The van der Waals surface area contributed by atoms with Crippen molar-refractivity contribution in [1.29, 1.82) is 5.26 Å². The van der Waals surface area contributed by atoms with E-state index in [1.807, 2.05) is 35.2 Å². The number of aryl methyl sites for hydroxylation is 1. The maximum atomic E-state index is 14.0. The Morgan fingerprint density at radius 1 is 0.918 bits per heavy atom. The number of rotatable bonds is 11. The molecule has 1 amide bonds. The Bertz CT molecular complexity index is 1830. The molecule has 10 nitrogen and oxygen atoms in total. The monoisotopic (exact) mass is 704 g/mol. The van der Waals surface area contributed by atoms with Gasteiger partial charge in [0.05, 0.1) is 54.9 Å². The van der Waals surface area contributed by atoms with Crippen LogP contribution in [0.5, 0.6) is 17.2 Å². The minimum absolute atomic E-state index is 0.0918. The molecule has 2 aliphatic heterocycles. The minimum Gasteiger partial charge on any atom is -0.493 e. The quantitative estimate of drug-likeness (QED) is 0.171. The summed E-state index contributed by atoms with van der Waals surface area (Å²) in [6, 6.07) is 19.7. The number of fused-ring (bicyclic) bond motifs is 1. The van der Waals surface area contributed by atoms with Crippen LogP contribution in [0.25, 0.3) is 11.0 Å². The topological polar surface area (TPSA) is 96.1 Å². The van der Waals surface area contributed by atoms with Gasteiger partial charge < -0.3 is 33.5 Å². The average molecular weight is 706 g/mol. The highest BCUT2D eigenvalue weighted by Gasteiger charge is 2.42. The van der Waals surface area contributed by atoms with Crippen LogP contribution in [0.3, 0.4) is 0 Å². The smallest absolute Gasteiger partial charge is 0.254 e. The van der Waals surface area contributed by atoms with Crippen molar-refractivity contribution in [3.63, 3.8) is 0 Å². The number of benzene rings is 3. The van der Waals surface area contributed by atoms with Crippen molar-refractivity contribution in [2.45, 2.75) is 37.6 Å². The van der Waals surface area contributed by atoms with Crippen LogP contribution < -0.4 is 19.1 Å². The second-order valence-electron chi connectivity index (χ2n) is 12.7. The zero-order valence-corrected chi connectivity index (χ0v) is 29.8. The predicted molar refractivity (Wildman–Crippen MR) is 193 cm³/mol. The Labute approximate surface area is 297 Å². The van der Waals surface area contributed by atoms with Crippen molar-refractivity contribution in [2.75, 3.05) is 72.0 Å². The van der Waals surface area contributed by atoms with E-state index in [4.69, 9.17) is 42.4 Å². The van der Waals surface area contributed by atoms with Gasteiger partial charge in [0.2, 0.25) is 11.7 Å². The summed E-state index contributed by atoms with van der Waals surface area (Å²) < 4.78 is 18.7. The number of likely N-dealkylation sites (tertiary alicyclic amines) is 1. The molecule has 2 aliphatic rings. The van der Waals surface area contributed by atoms with Gasteiger partial charge in [-0.2, -0.15) is 5.26 Å². The molecule has 3 aromatic carbocycles. The normalized spacial score (nSPS) is 18.4. The van der Waals surface area contributed by atoms with Crippen LogP contribution in [0.1, 0.15) is 41.6 Å². The molecule has 6 rings (SSSR count). The maximum Gasteiger partial charge on any atom is 0.254 e. The number of nitriles is 1. The van der Waals surface area contributed by atoms with Crippen LogP contribution in [-0.4, -0.2) is 92.4 Å². The lowest BCUT2D eigenvalue weighted by molar-refractivity contribution is 0.0780. The molecule has 49 heavy (non-hydrogen) atoms. The Morgan fingerprint density at radius 3 is 2.41 bits per heavy atom. The van der Waals surface area contributed by atoms with E-state index in [9.17, 15) is 10.1 Å². The number of aromatic nitrogens is 2. The number of carbonyl (C=O) groups excluding carboxylic acids is 1. The molecular weight excluding hydrogens is 663 g/mol. The van der Waals surface area contributed by atoms with Gasteiger partial charge in [0, 0.05) is 50.2 Å². The summed E-state index contributed by atoms with van der Waals surface area (Å²) in [7, 11) is 4.64. The lowest BCUT2D eigenvalue weighted by Crippen LogP contribution is -2.39. The number of anilines is 1. The number of hydrogen-bond acceptors (Lipinski definition) is 8. The van der Waals surface area contributed by atoms with Gasteiger partial charge in [-0.25, -0.2) is 4.98 Å². The second-order valence-corrected chi connectivity index (χ2v) is 13.5. The minimum atomic E-state index is -0.304. The third-order valence-corrected chi connectivity index (χ3v) is 10.7. The fourth-order valence-electron chi connectivity index (χ4n) is 7.30. The van der Waals surface area contributed by atoms with Crippen molar-refractivity contribution < 1.29 is 19.0 Å². The molecule has 2 saturated heterocycles. The fraction of sp³-hybridized carbons (Fsp3) is 0.432. The standard InChI is InChI=1S/C37H42Cl2N6O4/c1-47-32-22-26(23-33(48-2)34(32)49-3)35(46)44-19-13-37(25-44,27-10-11-28(38)29(39)24-27)12-18-42-15-7-16-43(21-20-42)36-41-30-8-4-5-9-31(30)45(36)17-6-14-40/h4-5,8-11,22-24H,6-7,12-13,15-21,25H2,1-3H3. The van der Waals surface area contributed by atoms with Crippen LogP contribution in [-0.2, 0) is 12.0 Å². The molecule has 4 aromatic rings. The summed E-state index contributed by atoms with van der Waals surface area (Å²) in [6.45, 7) is 6.19. The molecule has 0 radical (unpaired) electrons. The zero-order valence-electron chi connectivity index (χ0n) is 28.3. The van der Waals surface area contributed by atoms with E-state index >= 15 is 0 Å². The average Bonchev–Trinajstić information content (AvgIpc) is 3.64. The molecule has 258 valence electrons. The van der Waals surface area contributed by atoms with Gasteiger partial charge in [-0.3, -0.25) is 4.79 Å². The van der Waals surface area contributed by atoms with Crippen molar-refractivity contribution in [3.8, 4) is 23.3 Å². The van der Waals surface area contributed by atoms with E-state index in [0.717, 1.165) is 74.5 Å². The molecule has 3 heterocycles. The molecule has 1 aromatic heterocycles. The Balaban J connectivity index is 1.20. The van der Waals surface area contributed by atoms with Crippen LogP contribution in [0.4, 0.5) is 5.95 Å². The molecule has 2 fully saturated rings. The fourth-order valence-corrected chi connectivity index (χ4v) is 7.59. The van der Waals surface area contributed by atoms with E-state index in [1.165, 1.54) is 0 Å². The summed E-state index contributed by atoms with van der Waals surface area (Å²) in [4.78, 5) is 25.8. The number of hydrogen-bond donors (Lipinski definition) is 0. The first-order valence-corrected chi connectivity index (χ1v) is 17.4. The zero-order chi connectivity index (χ0) is 34.5. The Morgan fingerprint density at radius 2 is 1.69 bits per heavy atom. The highest BCUT2D eigenvalue weighted by molar-refractivity contribution is 6.42. The third-order valence-electron chi connectivity index (χ3n) is 9.94. The molecule has 0 N–H and O–H groups in total. The van der Waals surface area contributed by atoms with Crippen molar-refractivity contribution in [1.82, 2.24) is 19.4 Å². The van der Waals surface area contributed by atoms with Crippen molar-refractivity contribution in [2.24, 2.45) is 0 Å². The third kappa shape index (κ3) is 7.11. The van der Waals surface area contributed by atoms with Gasteiger partial charge in [-0.15, -0.1) is 0 Å². The SMILES string of the molecule is COc1cc(C(=O)N2CCC(CCN3CCCN(c4nc5ccccc5n4CCC#N)CC3)(c3ccc(Cl)c(Cl)c3)C2)cc(OC)c1OC.